The van der Waals surface area contributed by atoms with E-state index in [1.807, 2.05) is 18.2 Å². The zero-order valence-corrected chi connectivity index (χ0v) is 19.4. The van der Waals surface area contributed by atoms with Crippen LogP contribution in [0.25, 0.3) is 5.82 Å². The van der Waals surface area contributed by atoms with Crippen LogP contribution in [0.1, 0.15) is 43.2 Å². The van der Waals surface area contributed by atoms with Crippen LogP contribution in [-0.2, 0) is 17.6 Å². The first-order chi connectivity index (χ1) is 14.9. The second-order valence-corrected chi connectivity index (χ2v) is 10.7. The Morgan fingerprint density at radius 2 is 2.26 bits per heavy atom. The number of nitrogens with zero attached hydrogens (tertiary/aromatic N) is 5. The normalized spacial score (nSPS) is 15.9. The number of nitriles is 1. The Labute approximate surface area is 189 Å². The lowest BCUT2D eigenvalue weighted by atomic mass is 9.72. The molecule has 1 aliphatic carbocycles. The fourth-order valence-electron chi connectivity index (χ4n) is 3.80. The molecule has 4 rings (SSSR count). The van der Waals surface area contributed by atoms with Gasteiger partial charge in [-0.25, -0.2) is 4.98 Å². The number of amides is 1. The van der Waals surface area contributed by atoms with E-state index in [2.05, 4.69) is 47.3 Å². The van der Waals surface area contributed by atoms with E-state index in [1.165, 1.54) is 16.6 Å². The molecule has 0 aromatic carbocycles. The van der Waals surface area contributed by atoms with Gasteiger partial charge in [-0.1, -0.05) is 38.6 Å². The summed E-state index contributed by atoms with van der Waals surface area (Å²) in [5, 5.41) is 22.0. The molecule has 3 aromatic heterocycles. The number of rotatable bonds is 5. The van der Waals surface area contributed by atoms with Gasteiger partial charge in [-0.05, 0) is 48.3 Å². The molecule has 0 radical (unpaired) electrons. The van der Waals surface area contributed by atoms with Gasteiger partial charge in [0.05, 0.1) is 11.3 Å². The highest BCUT2D eigenvalue weighted by Gasteiger charge is 2.32. The molecule has 1 N–H and O–H groups in total. The van der Waals surface area contributed by atoms with E-state index >= 15 is 0 Å². The first-order valence-electron chi connectivity index (χ1n) is 10.2. The van der Waals surface area contributed by atoms with E-state index in [9.17, 15) is 10.1 Å². The number of anilines is 1. The highest BCUT2D eigenvalue weighted by molar-refractivity contribution is 7.99. The van der Waals surface area contributed by atoms with Gasteiger partial charge in [0.15, 0.2) is 5.16 Å². The summed E-state index contributed by atoms with van der Waals surface area (Å²) in [4.78, 5) is 18.2. The number of hydrogen-bond acceptors (Lipinski definition) is 7. The second kappa shape index (κ2) is 8.81. The third-order valence-electron chi connectivity index (χ3n) is 5.60. The number of thioether (sulfide) groups is 1. The topological polar surface area (TPSA) is 96.5 Å². The van der Waals surface area contributed by atoms with Crippen molar-refractivity contribution in [3.8, 4) is 11.9 Å². The molecule has 0 saturated heterocycles. The van der Waals surface area contributed by atoms with Crippen LogP contribution >= 0.6 is 23.1 Å². The number of thiophene rings is 1. The van der Waals surface area contributed by atoms with Crippen molar-refractivity contribution in [3.63, 3.8) is 0 Å². The molecule has 0 aliphatic heterocycles. The molecule has 7 nitrogen and oxygen atoms in total. The van der Waals surface area contributed by atoms with Crippen LogP contribution in [0.15, 0.2) is 35.9 Å². The quantitative estimate of drug-likeness (QED) is 0.574. The van der Waals surface area contributed by atoms with Crippen LogP contribution < -0.4 is 5.32 Å². The largest absolute Gasteiger partial charge is 0.316 e. The highest BCUT2D eigenvalue weighted by atomic mass is 32.2. The van der Waals surface area contributed by atoms with Crippen LogP contribution in [-0.4, -0.2) is 31.4 Å². The average Bonchev–Trinajstić information content (AvgIpc) is 3.35. The third-order valence-corrected chi connectivity index (χ3v) is 7.71. The summed E-state index contributed by atoms with van der Waals surface area (Å²) in [6, 6.07) is 7.90. The lowest BCUT2D eigenvalue weighted by molar-refractivity contribution is -0.113. The maximum atomic E-state index is 12.7. The van der Waals surface area contributed by atoms with Crippen molar-refractivity contribution in [3.05, 3.63) is 46.7 Å². The van der Waals surface area contributed by atoms with Crippen molar-refractivity contribution in [2.45, 2.75) is 45.2 Å². The van der Waals surface area contributed by atoms with E-state index in [1.54, 1.807) is 28.4 Å². The second-order valence-electron chi connectivity index (χ2n) is 8.63. The van der Waals surface area contributed by atoms with Gasteiger partial charge in [0, 0.05) is 11.1 Å². The molecule has 0 spiro atoms. The molecular formula is C22H24N6OS2. The fourth-order valence-corrected chi connectivity index (χ4v) is 5.81. The van der Waals surface area contributed by atoms with Gasteiger partial charge in [-0.3, -0.25) is 9.36 Å². The van der Waals surface area contributed by atoms with Crippen molar-refractivity contribution in [1.29, 1.82) is 5.26 Å². The van der Waals surface area contributed by atoms with Crippen molar-refractivity contribution >= 4 is 34.0 Å². The SMILES string of the molecule is CC(C)(C)C1CCc2c(sc(NC(=O)CSc3nncn3-c3ccccn3)c2C#N)C1. The molecule has 0 saturated carbocycles. The molecule has 0 fully saturated rings. The maximum absolute atomic E-state index is 12.7. The van der Waals surface area contributed by atoms with Gasteiger partial charge in [0.25, 0.3) is 0 Å². The zero-order chi connectivity index (χ0) is 22.0. The van der Waals surface area contributed by atoms with Crippen molar-refractivity contribution in [1.82, 2.24) is 19.7 Å². The average molecular weight is 453 g/mol. The van der Waals surface area contributed by atoms with Crippen LogP contribution in [0, 0.1) is 22.7 Å². The minimum Gasteiger partial charge on any atom is -0.316 e. The van der Waals surface area contributed by atoms with Crippen molar-refractivity contribution in [2.24, 2.45) is 11.3 Å². The Kier molecular flexibility index (Phi) is 6.12. The Morgan fingerprint density at radius 1 is 1.42 bits per heavy atom. The summed E-state index contributed by atoms with van der Waals surface area (Å²) in [5.74, 6) is 1.29. The third kappa shape index (κ3) is 4.65. The molecule has 160 valence electrons. The summed E-state index contributed by atoms with van der Waals surface area (Å²) in [5.41, 5.74) is 1.98. The first kappa shape index (κ1) is 21.5. The van der Waals surface area contributed by atoms with E-state index in [0.29, 0.717) is 27.5 Å². The van der Waals surface area contributed by atoms with E-state index in [0.717, 1.165) is 24.8 Å². The number of pyridine rings is 1. The summed E-state index contributed by atoms with van der Waals surface area (Å²) < 4.78 is 1.75. The zero-order valence-electron chi connectivity index (χ0n) is 17.8. The number of carbonyl (C=O) groups is 1. The predicted octanol–water partition coefficient (Wildman–Crippen LogP) is 4.48. The van der Waals surface area contributed by atoms with Crippen molar-refractivity contribution in [2.75, 3.05) is 11.1 Å². The van der Waals surface area contributed by atoms with Crippen LogP contribution in [0.3, 0.4) is 0 Å². The molecule has 9 heteroatoms. The number of hydrogen-bond donors (Lipinski definition) is 1. The number of carbonyl (C=O) groups excluding carboxylic acids is 1. The maximum Gasteiger partial charge on any atom is 0.235 e. The van der Waals surface area contributed by atoms with E-state index in [4.69, 9.17) is 0 Å². The summed E-state index contributed by atoms with van der Waals surface area (Å²) in [7, 11) is 0. The predicted molar refractivity (Wildman–Crippen MR) is 123 cm³/mol. The lowest BCUT2D eigenvalue weighted by Gasteiger charge is -2.33. The number of nitrogens with one attached hydrogen (secondary N) is 1. The van der Waals surface area contributed by atoms with E-state index < -0.39 is 0 Å². The van der Waals surface area contributed by atoms with E-state index in [-0.39, 0.29) is 17.1 Å². The van der Waals surface area contributed by atoms with Crippen LogP contribution in [0.2, 0.25) is 0 Å². The molecule has 31 heavy (non-hydrogen) atoms. The monoisotopic (exact) mass is 452 g/mol. The summed E-state index contributed by atoms with van der Waals surface area (Å²) in [6.45, 7) is 6.81. The Hall–Kier alpha value is -2.70. The van der Waals surface area contributed by atoms with Gasteiger partial charge >= 0.3 is 0 Å². The minimum absolute atomic E-state index is 0.164. The smallest absolute Gasteiger partial charge is 0.235 e. The molecule has 3 heterocycles. The van der Waals surface area contributed by atoms with Gasteiger partial charge < -0.3 is 5.32 Å². The molecule has 3 aromatic rings. The van der Waals surface area contributed by atoms with Gasteiger partial charge in [0.1, 0.15) is 23.2 Å². The first-order valence-corrected chi connectivity index (χ1v) is 12.0. The molecule has 0 bridgehead atoms. The Bertz CT molecular complexity index is 1120. The van der Waals surface area contributed by atoms with Gasteiger partial charge in [0.2, 0.25) is 5.91 Å². The van der Waals surface area contributed by atoms with Gasteiger partial charge in [-0.15, -0.1) is 21.5 Å². The highest BCUT2D eigenvalue weighted by Crippen LogP contribution is 2.44. The minimum atomic E-state index is -0.164. The standard InChI is InChI=1S/C22H24N6OS2/c1-22(2,3)14-7-8-15-16(11-23)20(31-17(15)10-14)26-19(29)12-30-21-27-25-13-28(21)18-6-4-5-9-24-18/h4-6,9,13-14H,7-8,10,12H2,1-3H3,(H,26,29). The Morgan fingerprint density at radius 3 is 2.97 bits per heavy atom. The number of fused-ring (bicyclic) bond motifs is 1. The Balaban J connectivity index is 1.44. The fraction of sp³-hybridized carbons (Fsp3) is 0.409. The molecule has 1 amide bonds. The number of aromatic nitrogens is 4. The van der Waals surface area contributed by atoms with Crippen molar-refractivity contribution < 1.29 is 4.79 Å². The summed E-state index contributed by atoms with van der Waals surface area (Å²) in [6.07, 6.45) is 6.22. The van der Waals surface area contributed by atoms with Crippen LogP contribution in [0.4, 0.5) is 5.00 Å². The lowest BCUT2D eigenvalue weighted by Crippen LogP contribution is -2.26. The summed E-state index contributed by atoms with van der Waals surface area (Å²) >= 11 is 2.84. The molecular weight excluding hydrogens is 428 g/mol. The molecule has 1 unspecified atom stereocenters. The van der Waals surface area contributed by atoms with Gasteiger partial charge in [-0.2, -0.15) is 5.26 Å². The molecule has 1 atom stereocenters. The molecule has 1 aliphatic rings. The van der Waals surface area contributed by atoms with Crippen LogP contribution in [0.5, 0.6) is 0 Å².